The number of amides is 1. The van der Waals surface area contributed by atoms with Crippen molar-refractivity contribution in [3.63, 3.8) is 0 Å². The number of carbonyl (C=O) groups is 1. The molecule has 0 radical (unpaired) electrons. The molecule has 2 aromatic rings. The van der Waals surface area contributed by atoms with Gasteiger partial charge < -0.3 is 5.32 Å². The Morgan fingerprint density at radius 2 is 1.79 bits per heavy atom. The number of benzene rings is 1. The molecule has 1 unspecified atom stereocenters. The number of hydrogen-bond donors (Lipinski definition) is 2. The summed E-state index contributed by atoms with van der Waals surface area (Å²) in [6.07, 6.45) is 0. The number of aromatic amines is 1. The predicted octanol–water partition coefficient (Wildman–Crippen LogP) is 3.66. The minimum absolute atomic E-state index is 0.0637. The second-order valence-electron chi connectivity index (χ2n) is 6.73. The van der Waals surface area contributed by atoms with Gasteiger partial charge >= 0.3 is 0 Å². The fraction of sp³-hybridized carbons (Fsp3) is 0.444. The summed E-state index contributed by atoms with van der Waals surface area (Å²) in [5.41, 5.74) is 2.82. The average molecular weight is 345 g/mol. The van der Waals surface area contributed by atoms with Crippen LogP contribution in [0.4, 0.5) is 5.82 Å². The van der Waals surface area contributed by atoms with E-state index in [4.69, 9.17) is 0 Å². The van der Waals surface area contributed by atoms with Gasteiger partial charge in [-0.05, 0) is 30.9 Å². The van der Waals surface area contributed by atoms with E-state index < -0.39 is 0 Å². The number of nitrogens with zero attached hydrogens (tertiary/aromatic N) is 1. The first kappa shape index (κ1) is 16.9. The summed E-state index contributed by atoms with van der Waals surface area (Å²) < 4.78 is 1.75. The maximum absolute atomic E-state index is 12.6. The summed E-state index contributed by atoms with van der Waals surface area (Å²) in [6, 6.07) is 8.41. The van der Waals surface area contributed by atoms with Crippen LogP contribution in [0.1, 0.15) is 61.6 Å². The molecule has 0 fully saturated rings. The van der Waals surface area contributed by atoms with Gasteiger partial charge in [0.1, 0.15) is 5.82 Å². The van der Waals surface area contributed by atoms with Crippen molar-refractivity contribution in [1.82, 2.24) is 9.78 Å². The Labute approximate surface area is 145 Å². The van der Waals surface area contributed by atoms with Crippen LogP contribution in [0, 0.1) is 0 Å². The zero-order valence-corrected chi connectivity index (χ0v) is 15.2. The highest BCUT2D eigenvalue weighted by Gasteiger charge is 2.30. The predicted molar refractivity (Wildman–Crippen MR) is 98.9 cm³/mol. The smallest absolute Gasteiger partial charge is 0.270 e. The van der Waals surface area contributed by atoms with Crippen LogP contribution in [0.2, 0.25) is 0 Å². The lowest BCUT2D eigenvalue weighted by atomic mass is 9.99. The highest BCUT2D eigenvalue weighted by atomic mass is 32.2. The summed E-state index contributed by atoms with van der Waals surface area (Å²) >= 11 is 1.50. The lowest BCUT2D eigenvalue weighted by Crippen LogP contribution is -2.17. The summed E-state index contributed by atoms with van der Waals surface area (Å²) in [4.78, 5) is 24.7. The fourth-order valence-electron chi connectivity index (χ4n) is 2.95. The normalized spacial score (nSPS) is 17.8. The molecule has 128 valence electrons. The van der Waals surface area contributed by atoms with Gasteiger partial charge in [-0.25, -0.2) is 0 Å². The van der Waals surface area contributed by atoms with Crippen LogP contribution in [0.15, 0.2) is 29.1 Å². The van der Waals surface area contributed by atoms with Crippen molar-refractivity contribution in [2.24, 2.45) is 0 Å². The van der Waals surface area contributed by atoms with Crippen LogP contribution in [-0.2, 0) is 4.79 Å². The minimum atomic E-state index is -0.149. The number of hydrogen-bond acceptors (Lipinski definition) is 3. The fourth-order valence-corrected chi connectivity index (χ4v) is 4.08. The largest absolute Gasteiger partial charge is 0.310 e. The van der Waals surface area contributed by atoms with Gasteiger partial charge in [-0.2, -0.15) is 0 Å². The number of fused-ring (bicyclic) bond motifs is 1. The van der Waals surface area contributed by atoms with Crippen molar-refractivity contribution in [2.45, 2.75) is 44.9 Å². The van der Waals surface area contributed by atoms with Crippen molar-refractivity contribution >= 4 is 23.5 Å². The molecule has 0 aliphatic carbocycles. The van der Waals surface area contributed by atoms with Gasteiger partial charge in [-0.15, -0.1) is 11.8 Å². The van der Waals surface area contributed by atoms with Crippen molar-refractivity contribution in [2.75, 3.05) is 11.1 Å². The Morgan fingerprint density at radius 1 is 1.12 bits per heavy atom. The van der Waals surface area contributed by atoms with Crippen molar-refractivity contribution in [1.29, 1.82) is 0 Å². The summed E-state index contributed by atoms with van der Waals surface area (Å²) in [7, 11) is 0. The summed E-state index contributed by atoms with van der Waals surface area (Å²) in [6.45, 7) is 8.27. The first-order valence-corrected chi connectivity index (χ1v) is 9.29. The molecule has 5 nitrogen and oxygen atoms in total. The van der Waals surface area contributed by atoms with E-state index in [-0.39, 0.29) is 22.8 Å². The highest BCUT2D eigenvalue weighted by Crippen LogP contribution is 2.40. The van der Waals surface area contributed by atoms with Crippen LogP contribution in [-0.4, -0.2) is 21.4 Å². The molecular formula is C18H23N3O2S. The van der Waals surface area contributed by atoms with Crippen LogP contribution >= 0.6 is 11.8 Å². The Hall–Kier alpha value is -1.95. The number of anilines is 1. The summed E-state index contributed by atoms with van der Waals surface area (Å²) in [5.74, 6) is 1.33. The molecule has 1 aromatic carbocycles. The van der Waals surface area contributed by atoms with Crippen molar-refractivity contribution < 1.29 is 4.79 Å². The van der Waals surface area contributed by atoms with Crippen LogP contribution in [0.25, 0.3) is 0 Å². The average Bonchev–Trinajstić information content (AvgIpc) is 2.75. The Morgan fingerprint density at radius 3 is 2.38 bits per heavy atom. The number of aromatic nitrogens is 2. The van der Waals surface area contributed by atoms with Crippen LogP contribution < -0.4 is 10.9 Å². The molecule has 6 heteroatoms. The highest BCUT2D eigenvalue weighted by molar-refractivity contribution is 8.00. The Kier molecular flexibility index (Phi) is 4.58. The quantitative estimate of drug-likeness (QED) is 0.892. The number of thioether (sulfide) groups is 1. The lowest BCUT2D eigenvalue weighted by molar-refractivity contribution is -0.113. The molecule has 2 heterocycles. The van der Waals surface area contributed by atoms with Gasteiger partial charge in [0.05, 0.1) is 16.6 Å². The SMILES string of the molecule is CC(C)c1ccc(C2SCC(=O)Nc3c2c(=O)[nH]n3C(C)C)cc1. The van der Waals surface area contributed by atoms with E-state index in [1.165, 1.54) is 17.3 Å². The van der Waals surface area contributed by atoms with Crippen LogP contribution in [0.5, 0.6) is 0 Å². The van der Waals surface area contributed by atoms with Gasteiger partial charge in [0.25, 0.3) is 5.56 Å². The Bertz CT molecular complexity index is 803. The molecule has 1 atom stereocenters. The maximum Gasteiger partial charge on any atom is 0.270 e. The minimum Gasteiger partial charge on any atom is -0.310 e. The van der Waals surface area contributed by atoms with Crippen molar-refractivity contribution in [3.05, 3.63) is 51.3 Å². The first-order valence-electron chi connectivity index (χ1n) is 8.24. The van der Waals surface area contributed by atoms with E-state index in [1.807, 2.05) is 13.8 Å². The topological polar surface area (TPSA) is 66.9 Å². The number of rotatable bonds is 3. The summed E-state index contributed by atoms with van der Waals surface area (Å²) in [5, 5.41) is 5.61. The van der Waals surface area contributed by atoms with E-state index in [0.29, 0.717) is 23.1 Å². The second kappa shape index (κ2) is 6.51. The zero-order chi connectivity index (χ0) is 17.4. The van der Waals surface area contributed by atoms with Crippen LogP contribution in [0.3, 0.4) is 0 Å². The molecular weight excluding hydrogens is 322 g/mol. The molecule has 1 amide bonds. The van der Waals surface area contributed by atoms with Gasteiger partial charge in [0.15, 0.2) is 0 Å². The monoisotopic (exact) mass is 345 g/mol. The zero-order valence-electron chi connectivity index (χ0n) is 14.4. The van der Waals surface area contributed by atoms with E-state index in [1.54, 1.807) is 4.68 Å². The molecule has 1 aromatic heterocycles. The number of carbonyl (C=O) groups excluding carboxylic acids is 1. The third-order valence-electron chi connectivity index (χ3n) is 4.29. The molecule has 3 rings (SSSR count). The third-order valence-corrected chi connectivity index (χ3v) is 5.56. The van der Waals surface area contributed by atoms with Gasteiger partial charge in [0, 0.05) is 6.04 Å². The molecule has 0 bridgehead atoms. The molecule has 2 N–H and O–H groups in total. The standard InChI is InChI=1S/C18H23N3O2S/c1-10(2)12-5-7-13(8-6-12)16-15-17(19-14(22)9-24-16)21(11(3)4)20-18(15)23/h5-8,10-11,16H,9H2,1-4H3,(H,19,22)(H,20,23). The number of H-pyrrole nitrogens is 1. The molecule has 0 saturated carbocycles. The number of nitrogens with one attached hydrogen (secondary N) is 2. The van der Waals surface area contributed by atoms with E-state index in [0.717, 1.165) is 5.56 Å². The van der Waals surface area contributed by atoms with Gasteiger partial charge in [-0.1, -0.05) is 38.1 Å². The lowest BCUT2D eigenvalue weighted by Gasteiger charge is -2.16. The molecule has 1 aliphatic rings. The van der Waals surface area contributed by atoms with Gasteiger partial charge in [-0.3, -0.25) is 19.4 Å². The van der Waals surface area contributed by atoms with E-state index in [9.17, 15) is 9.59 Å². The molecule has 0 saturated heterocycles. The van der Waals surface area contributed by atoms with Gasteiger partial charge in [0.2, 0.25) is 5.91 Å². The second-order valence-corrected chi connectivity index (χ2v) is 7.82. The Balaban J connectivity index is 2.10. The van der Waals surface area contributed by atoms with Crippen molar-refractivity contribution in [3.8, 4) is 0 Å². The van der Waals surface area contributed by atoms with E-state index in [2.05, 4.69) is 48.5 Å². The molecule has 24 heavy (non-hydrogen) atoms. The first-order chi connectivity index (χ1) is 11.4. The maximum atomic E-state index is 12.6. The third kappa shape index (κ3) is 3.02. The molecule has 0 spiro atoms. The molecule has 1 aliphatic heterocycles. The van der Waals surface area contributed by atoms with E-state index >= 15 is 0 Å².